The lowest BCUT2D eigenvalue weighted by Gasteiger charge is -2.36. The summed E-state index contributed by atoms with van der Waals surface area (Å²) in [4.78, 5) is 16.3. The van der Waals surface area contributed by atoms with E-state index in [-0.39, 0.29) is 10.9 Å². The summed E-state index contributed by atoms with van der Waals surface area (Å²) in [7, 11) is -3.77. The number of benzene rings is 2. The zero-order valence-corrected chi connectivity index (χ0v) is 19.3. The molecule has 2 aromatic carbocycles. The third-order valence-corrected chi connectivity index (χ3v) is 7.41. The standard InChI is InChI=1S/C23H29N5O4S/c24-11-5-10-23(29)32-17-16-26-12-14-27(15-13-26)21-8-4-9-22-20(21)18-25-28(22)33(30,31)19-6-2-1-3-7-19/h1-4,6-9,18H,5,10-17,24H2. The first kappa shape index (κ1) is 23.2. The summed E-state index contributed by atoms with van der Waals surface area (Å²) >= 11 is 0. The molecule has 0 unspecified atom stereocenters. The molecule has 0 aliphatic carbocycles. The van der Waals surface area contributed by atoms with Crippen molar-refractivity contribution in [2.45, 2.75) is 17.7 Å². The molecular formula is C23H29N5O4S. The predicted octanol–water partition coefficient (Wildman–Crippen LogP) is 1.68. The molecule has 0 bridgehead atoms. The van der Waals surface area contributed by atoms with E-state index in [0.29, 0.717) is 38.1 Å². The molecule has 0 spiro atoms. The molecule has 33 heavy (non-hydrogen) atoms. The van der Waals surface area contributed by atoms with E-state index in [0.717, 1.165) is 41.3 Å². The van der Waals surface area contributed by atoms with Gasteiger partial charge in [-0.1, -0.05) is 24.3 Å². The van der Waals surface area contributed by atoms with Gasteiger partial charge >= 0.3 is 5.97 Å². The maximum atomic E-state index is 13.1. The molecule has 0 amide bonds. The molecule has 9 nitrogen and oxygen atoms in total. The van der Waals surface area contributed by atoms with Gasteiger partial charge in [-0.15, -0.1) is 0 Å². The minimum atomic E-state index is -3.77. The highest BCUT2D eigenvalue weighted by molar-refractivity contribution is 7.90. The fourth-order valence-corrected chi connectivity index (χ4v) is 5.28. The first-order valence-electron chi connectivity index (χ1n) is 11.1. The van der Waals surface area contributed by atoms with Gasteiger partial charge in [-0.05, 0) is 37.2 Å². The smallest absolute Gasteiger partial charge is 0.305 e. The summed E-state index contributed by atoms with van der Waals surface area (Å²) in [6.07, 6.45) is 2.63. The Kier molecular flexibility index (Phi) is 7.26. The Morgan fingerprint density at radius 3 is 2.52 bits per heavy atom. The molecule has 1 aliphatic heterocycles. The van der Waals surface area contributed by atoms with E-state index in [1.807, 2.05) is 12.1 Å². The van der Waals surface area contributed by atoms with Crippen molar-refractivity contribution < 1.29 is 17.9 Å². The number of esters is 1. The number of piperazine rings is 1. The third kappa shape index (κ3) is 5.18. The zero-order valence-electron chi connectivity index (χ0n) is 18.5. The maximum Gasteiger partial charge on any atom is 0.305 e. The van der Waals surface area contributed by atoms with Crippen LogP contribution in [-0.4, -0.2) is 74.3 Å². The quantitative estimate of drug-likeness (QED) is 0.469. The Hall–Kier alpha value is -2.95. The highest BCUT2D eigenvalue weighted by Gasteiger charge is 2.24. The largest absolute Gasteiger partial charge is 0.464 e. The molecule has 2 heterocycles. The molecule has 10 heteroatoms. The lowest BCUT2D eigenvalue weighted by atomic mass is 10.2. The average Bonchev–Trinajstić information content (AvgIpc) is 3.29. The van der Waals surface area contributed by atoms with Crippen LogP contribution in [0.1, 0.15) is 12.8 Å². The van der Waals surface area contributed by atoms with Gasteiger partial charge in [0, 0.05) is 50.2 Å². The molecule has 0 radical (unpaired) electrons. The van der Waals surface area contributed by atoms with E-state index in [9.17, 15) is 13.2 Å². The first-order valence-corrected chi connectivity index (χ1v) is 12.5. The fourth-order valence-electron chi connectivity index (χ4n) is 3.99. The molecule has 4 rings (SSSR count). The molecule has 1 saturated heterocycles. The van der Waals surface area contributed by atoms with Gasteiger partial charge in [-0.3, -0.25) is 9.69 Å². The van der Waals surface area contributed by atoms with Crippen LogP contribution in [0.5, 0.6) is 0 Å². The number of carbonyl (C=O) groups excluding carboxylic acids is 1. The number of anilines is 1. The number of nitrogens with zero attached hydrogens (tertiary/aromatic N) is 4. The fraction of sp³-hybridized carbons (Fsp3) is 0.391. The highest BCUT2D eigenvalue weighted by atomic mass is 32.2. The predicted molar refractivity (Wildman–Crippen MR) is 127 cm³/mol. The van der Waals surface area contributed by atoms with Gasteiger partial charge in [-0.25, -0.2) is 0 Å². The van der Waals surface area contributed by atoms with Crippen molar-refractivity contribution in [3.63, 3.8) is 0 Å². The molecular weight excluding hydrogens is 442 g/mol. The van der Waals surface area contributed by atoms with Crippen LogP contribution in [0.4, 0.5) is 5.69 Å². The van der Waals surface area contributed by atoms with Crippen LogP contribution in [-0.2, 0) is 19.6 Å². The molecule has 1 aromatic heterocycles. The van der Waals surface area contributed by atoms with Crippen LogP contribution in [0.15, 0.2) is 59.6 Å². The van der Waals surface area contributed by atoms with E-state index in [4.69, 9.17) is 10.5 Å². The van der Waals surface area contributed by atoms with Crippen molar-refractivity contribution in [3.8, 4) is 0 Å². The Balaban J connectivity index is 1.42. The molecule has 1 aliphatic rings. The molecule has 0 saturated carbocycles. The van der Waals surface area contributed by atoms with Crippen molar-refractivity contribution in [2.24, 2.45) is 5.73 Å². The summed E-state index contributed by atoms with van der Waals surface area (Å²) in [5.74, 6) is -0.201. The van der Waals surface area contributed by atoms with Crippen LogP contribution >= 0.6 is 0 Å². The van der Waals surface area contributed by atoms with Crippen molar-refractivity contribution in [2.75, 3.05) is 50.8 Å². The van der Waals surface area contributed by atoms with E-state index >= 15 is 0 Å². The minimum Gasteiger partial charge on any atom is -0.464 e. The van der Waals surface area contributed by atoms with Gasteiger partial charge in [0.2, 0.25) is 0 Å². The SMILES string of the molecule is NCCCC(=O)OCCN1CCN(c2cccc3c2cnn3S(=O)(=O)c2ccccc2)CC1. The number of hydrogen-bond donors (Lipinski definition) is 1. The second kappa shape index (κ2) is 10.3. The summed E-state index contributed by atoms with van der Waals surface area (Å²) in [5.41, 5.74) is 6.94. The number of rotatable bonds is 9. The normalized spacial score (nSPS) is 15.1. The van der Waals surface area contributed by atoms with E-state index < -0.39 is 10.0 Å². The Labute approximate surface area is 193 Å². The minimum absolute atomic E-state index is 0.201. The summed E-state index contributed by atoms with van der Waals surface area (Å²) < 4.78 is 32.5. The summed E-state index contributed by atoms with van der Waals surface area (Å²) in [6, 6.07) is 14.0. The van der Waals surface area contributed by atoms with Gasteiger partial charge in [0.1, 0.15) is 6.61 Å². The molecule has 2 N–H and O–H groups in total. The third-order valence-electron chi connectivity index (χ3n) is 5.80. The number of fused-ring (bicyclic) bond motifs is 1. The molecule has 3 aromatic rings. The van der Waals surface area contributed by atoms with Crippen LogP contribution in [0.2, 0.25) is 0 Å². The second-order valence-corrected chi connectivity index (χ2v) is 9.72. The van der Waals surface area contributed by atoms with E-state index in [1.54, 1.807) is 42.6 Å². The van der Waals surface area contributed by atoms with Crippen molar-refractivity contribution in [1.82, 2.24) is 14.1 Å². The topological polar surface area (TPSA) is 111 Å². The average molecular weight is 472 g/mol. The van der Waals surface area contributed by atoms with Crippen molar-refractivity contribution in [3.05, 3.63) is 54.7 Å². The monoisotopic (exact) mass is 471 g/mol. The molecule has 0 atom stereocenters. The number of aromatic nitrogens is 2. The number of carbonyl (C=O) groups is 1. The molecule has 1 fully saturated rings. The number of ether oxygens (including phenoxy) is 1. The van der Waals surface area contributed by atoms with Crippen LogP contribution in [0.3, 0.4) is 0 Å². The highest BCUT2D eigenvalue weighted by Crippen LogP contribution is 2.29. The Bertz CT molecular complexity index is 1190. The van der Waals surface area contributed by atoms with Gasteiger partial charge < -0.3 is 15.4 Å². The summed E-state index contributed by atoms with van der Waals surface area (Å²) in [5, 5.41) is 5.03. The van der Waals surface area contributed by atoms with Crippen LogP contribution < -0.4 is 10.6 Å². The van der Waals surface area contributed by atoms with Crippen LogP contribution in [0.25, 0.3) is 10.9 Å². The van der Waals surface area contributed by atoms with Crippen molar-refractivity contribution >= 4 is 32.6 Å². The van der Waals surface area contributed by atoms with Crippen LogP contribution in [0, 0.1) is 0 Å². The number of nitrogens with two attached hydrogens (primary N) is 1. The number of hydrogen-bond acceptors (Lipinski definition) is 8. The Morgan fingerprint density at radius 1 is 1.03 bits per heavy atom. The van der Waals surface area contributed by atoms with E-state index in [2.05, 4.69) is 14.9 Å². The van der Waals surface area contributed by atoms with Gasteiger partial charge in [0.05, 0.1) is 16.6 Å². The molecule has 176 valence electrons. The lowest BCUT2D eigenvalue weighted by molar-refractivity contribution is -0.144. The summed E-state index contributed by atoms with van der Waals surface area (Å²) in [6.45, 7) is 4.79. The van der Waals surface area contributed by atoms with Gasteiger partial charge in [-0.2, -0.15) is 17.6 Å². The maximum absolute atomic E-state index is 13.1. The Morgan fingerprint density at radius 2 is 1.79 bits per heavy atom. The van der Waals surface area contributed by atoms with E-state index in [1.165, 1.54) is 0 Å². The van der Waals surface area contributed by atoms with Crippen molar-refractivity contribution in [1.29, 1.82) is 0 Å². The second-order valence-electron chi connectivity index (χ2n) is 7.96. The van der Waals surface area contributed by atoms with Gasteiger partial charge in [0.25, 0.3) is 10.0 Å². The zero-order chi connectivity index (χ0) is 23.3. The lowest BCUT2D eigenvalue weighted by Crippen LogP contribution is -2.47. The van der Waals surface area contributed by atoms with Gasteiger partial charge in [0.15, 0.2) is 0 Å². The first-order chi connectivity index (χ1) is 16.0.